The number of benzene rings is 1. The van der Waals surface area contributed by atoms with Gasteiger partial charge in [-0.1, -0.05) is 32.0 Å². The number of carbonyl (C=O) groups is 1. The normalized spacial score (nSPS) is 16.5. The fourth-order valence-corrected chi connectivity index (χ4v) is 3.94. The zero-order chi connectivity index (χ0) is 16.9. The van der Waals surface area contributed by atoms with E-state index >= 15 is 0 Å². The zero-order valence-electron chi connectivity index (χ0n) is 14.4. The van der Waals surface area contributed by atoms with Crippen LogP contribution in [-0.4, -0.2) is 34.9 Å². The molecule has 0 saturated carbocycles. The van der Waals surface area contributed by atoms with Gasteiger partial charge in [0.05, 0.1) is 5.01 Å². The molecule has 4 nitrogen and oxygen atoms in total. The van der Waals surface area contributed by atoms with E-state index < -0.39 is 0 Å². The van der Waals surface area contributed by atoms with Crippen LogP contribution < -0.4 is 5.32 Å². The Kier molecular flexibility index (Phi) is 5.63. The lowest BCUT2D eigenvalue weighted by Crippen LogP contribution is -2.44. The highest BCUT2D eigenvalue weighted by Crippen LogP contribution is 2.23. The van der Waals surface area contributed by atoms with Gasteiger partial charge >= 0.3 is 0 Å². The van der Waals surface area contributed by atoms with Crippen LogP contribution in [0.2, 0.25) is 0 Å². The van der Waals surface area contributed by atoms with Crippen LogP contribution in [0.15, 0.2) is 36.5 Å². The van der Waals surface area contributed by atoms with Crippen LogP contribution in [0.5, 0.6) is 0 Å². The largest absolute Gasteiger partial charge is 0.349 e. The fourth-order valence-electron chi connectivity index (χ4n) is 2.98. The molecule has 1 saturated heterocycles. The number of amides is 1. The second-order valence-corrected chi connectivity index (χ2v) is 7.86. The molecule has 0 atom stereocenters. The van der Waals surface area contributed by atoms with E-state index in [-0.39, 0.29) is 11.9 Å². The number of hydrogen-bond donors (Lipinski definition) is 1. The number of aromatic nitrogens is 1. The molecule has 5 heteroatoms. The van der Waals surface area contributed by atoms with Crippen molar-refractivity contribution >= 4 is 17.2 Å². The van der Waals surface area contributed by atoms with E-state index in [0.29, 0.717) is 5.92 Å². The first-order valence-electron chi connectivity index (χ1n) is 8.64. The maximum atomic E-state index is 12.2. The third kappa shape index (κ3) is 4.42. The van der Waals surface area contributed by atoms with Crippen molar-refractivity contribution in [2.24, 2.45) is 0 Å². The average Bonchev–Trinajstić information content (AvgIpc) is 3.06. The molecule has 128 valence electrons. The molecule has 1 amide bonds. The number of thiazole rings is 1. The lowest BCUT2D eigenvalue weighted by Gasteiger charge is -2.32. The quantitative estimate of drug-likeness (QED) is 0.901. The Morgan fingerprint density at radius 3 is 2.62 bits per heavy atom. The maximum Gasteiger partial charge on any atom is 0.251 e. The number of carbonyl (C=O) groups excluding carboxylic acids is 1. The van der Waals surface area contributed by atoms with E-state index in [9.17, 15) is 4.79 Å². The Hall–Kier alpha value is -1.72. The SMILES string of the molecule is CC(C)c1ncc(CN2CCC(NC(=O)c3ccccc3)CC2)s1. The summed E-state index contributed by atoms with van der Waals surface area (Å²) in [7, 11) is 0. The molecule has 1 fully saturated rings. The van der Waals surface area contributed by atoms with Crippen LogP contribution in [0.3, 0.4) is 0 Å². The molecule has 2 heterocycles. The molecule has 1 aromatic carbocycles. The fraction of sp³-hybridized carbons (Fsp3) is 0.474. The van der Waals surface area contributed by atoms with Crippen LogP contribution in [-0.2, 0) is 6.54 Å². The number of nitrogens with zero attached hydrogens (tertiary/aromatic N) is 2. The van der Waals surface area contributed by atoms with Crippen molar-refractivity contribution in [1.82, 2.24) is 15.2 Å². The number of nitrogens with one attached hydrogen (secondary N) is 1. The summed E-state index contributed by atoms with van der Waals surface area (Å²) in [5, 5.41) is 4.38. The highest BCUT2D eigenvalue weighted by Gasteiger charge is 2.21. The third-order valence-corrected chi connectivity index (χ3v) is 5.69. The van der Waals surface area contributed by atoms with Gasteiger partial charge in [-0.25, -0.2) is 4.98 Å². The Labute approximate surface area is 147 Å². The molecule has 0 unspecified atom stereocenters. The molecule has 1 aliphatic rings. The van der Waals surface area contributed by atoms with Crippen molar-refractivity contribution < 1.29 is 4.79 Å². The lowest BCUT2D eigenvalue weighted by atomic mass is 10.0. The first-order chi connectivity index (χ1) is 11.6. The smallest absolute Gasteiger partial charge is 0.251 e. The Bertz CT molecular complexity index is 660. The minimum absolute atomic E-state index is 0.0399. The van der Waals surface area contributed by atoms with Crippen molar-refractivity contribution in [1.29, 1.82) is 0 Å². The highest BCUT2D eigenvalue weighted by molar-refractivity contribution is 7.11. The lowest BCUT2D eigenvalue weighted by molar-refractivity contribution is 0.0909. The van der Waals surface area contributed by atoms with Gasteiger partial charge in [0.25, 0.3) is 5.91 Å². The van der Waals surface area contributed by atoms with E-state index in [4.69, 9.17) is 0 Å². The Morgan fingerprint density at radius 2 is 2.00 bits per heavy atom. The summed E-state index contributed by atoms with van der Waals surface area (Å²) in [4.78, 5) is 20.5. The monoisotopic (exact) mass is 343 g/mol. The van der Waals surface area contributed by atoms with Gasteiger partial charge < -0.3 is 5.32 Å². The maximum absolute atomic E-state index is 12.2. The third-order valence-electron chi connectivity index (χ3n) is 4.40. The molecule has 0 aliphatic carbocycles. The Balaban J connectivity index is 1.46. The zero-order valence-corrected chi connectivity index (χ0v) is 15.2. The highest BCUT2D eigenvalue weighted by atomic mass is 32.1. The molecule has 3 rings (SSSR count). The number of hydrogen-bond acceptors (Lipinski definition) is 4. The van der Waals surface area contributed by atoms with Gasteiger partial charge in [-0.3, -0.25) is 9.69 Å². The van der Waals surface area contributed by atoms with E-state index in [0.717, 1.165) is 38.0 Å². The van der Waals surface area contributed by atoms with Crippen LogP contribution >= 0.6 is 11.3 Å². The van der Waals surface area contributed by atoms with Crippen LogP contribution in [0.25, 0.3) is 0 Å². The van der Waals surface area contributed by atoms with E-state index in [2.05, 4.69) is 29.0 Å². The summed E-state index contributed by atoms with van der Waals surface area (Å²) in [6.45, 7) is 7.39. The first-order valence-corrected chi connectivity index (χ1v) is 9.46. The van der Waals surface area contributed by atoms with Crippen LogP contribution in [0, 0.1) is 0 Å². The molecule has 24 heavy (non-hydrogen) atoms. The van der Waals surface area contributed by atoms with Gasteiger partial charge in [-0.15, -0.1) is 11.3 Å². The molecule has 0 radical (unpaired) electrons. The van der Waals surface area contributed by atoms with Crippen LogP contribution in [0.4, 0.5) is 0 Å². The van der Waals surface area contributed by atoms with Crippen molar-refractivity contribution in [3.63, 3.8) is 0 Å². The van der Waals surface area contributed by atoms with Crippen LogP contribution in [0.1, 0.15) is 52.8 Å². The van der Waals surface area contributed by atoms with Gasteiger partial charge in [0.1, 0.15) is 0 Å². The average molecular weight is 343 g/mol. The summed E-state index contributed by atoms with van der Waals surface area (Å²) < 4.78 is 0. The summed E-state index contributed by atoms with van der Waals surface area (Å²) in [5.74, 6) is 0.542. The molecular weight excluding hydrogens is 318 g/mol. The molecule has 0 spiro atoms. The molecular formula is C19H25N3OS. The summed E-state index contributed by atoms with van der Waals surface area (Å²) >= 11 is 1.82. The second kappa shape index (κ2) is 7.90. The van der Waals surface area contributed by atoms with Crippen molar-refractivity contribution in [3.8, 4) is 0 Å². The van der Waals surface area contributed by atoms with Gasteiger partial charge in [0.15, 0.2) is 0 Å². The van der Waals surface area contributed by atoms with Gasteiger partial charge in [0.2, 0.25) is 0 Å². The molecule has 1 N–H and O–H groups in total. The molecule has 1 aromatic heterocycles. The minimum Gasteiger partial charge on any atom is -0.349 e. The van der Waals surface area contributed by atoms with Crippen molar-refractivity contribution in [3.05, 3.63) is 52.0 Å². The number of rotatable bonds is 5. The number of piperidine rings is 1. The predicted octanol–water partition coefficient (Wildman–Crippen LogP) is 3.66. The minimum atomic E-state index is 0.0399. The standard InChI is InChI=1S/C19H25N3OS/c1-14(2)19-20-12-17(24-19)13-22-10-8-16(9-11-22)21-18(23)15-6-4-3-5-7-15/h3-7,12,14,16H,8-11,13H2,1-2H3,(H,21,23). The van der Waals surface area contributed by atoms with Gasteiger partial charge in [-0.05, 0) is 25.0 Å². The molecule has 0 bridgehead atoms. The summed E-state index contributed by atoms with van der Waals surface area (Å²) in [6, 6.07) is 9.73. The van der Waals surface area contributed by atoms with Crippen molar-refractivity contribution in [2.75, 3.05) is 13.1 Å². The second-order valence-electron chi connectivity index (χ2n) is 6.71. The van der Waals surface area contributed by atoms with Gasteiger partial charge in [-0.2, -0.15) is 0 Å². The van der Waals surface area contributed by atoms with E-state index in [1.807, 2.05) is 47.9 Å². The predicted molar refractivity (Wildman–Crippen MR) is 98.4 cm³/mol. The van der Waals surface area contributed by atoms with E-state index in [1.54, 1.807) is 0 Å². The topological polar surface area (TPSA) is 45.2 Å². The Morgan fingerprint density at radius 1 is 1.29 bits per heavy atom. The van der Waals surface area contributed by atoms with E-state index in [1.165, 1.54) is 9.88 Å². The van der Waals surface area contributed by atoms with Crippen molar-refractivity contribution in [2.45, 2.75) is 45.2 Å². The number of likely N-dealkylation sites (tertiary alicyclic amines) is 1. The molecule has 2 aromatic rings. The summed E-state index contributed by atoms with van der Waals surface area (Å²) in [6.07, 6.45) is 4.03. The molecule has 1 aliphatic heterocycles. The first kappa shape index (κ1) is 17.1. The van der Waals surface area contributed by atoms with Gasteiger partial charge in [0, 0.05) is 48.2 Å². The summed E-state index contributed by atoms with van der Waals surface area (Å²) in [5.41, 5.74) is 0.741.